The van der Waals surface area contributed by atoms with E-state index in [4.69, 9.17) is 9.26 Å². The molecule has 0 saturated heterocycles. The Morgan fingerprint density at radius 2 is 1.88 bits per heavy atom. The Kier molecular flexibility index (Phi) is 6.84. The van der Waals surface area contributed by atoms with E-state index >= 15 is 0 Å². The monoisotopic (exact) mass is 450 g/mol. The van der Waals surface area contributed by atoms with Crippen LogP contribution in [0.3, 0.4) is 0 Å². The van der Waals surface area contributed by atoms with Crippen LogP contribution in [-0.4, -0.2) is 40.3 Å². The highest BCUT2D eigenvalue weighted by molar-refractivity contribution is 5.86. The topological polar surface area (TPSA) is 80.5 Å². The fourth-order valence-electron chi connectivity index (χ4n) is 3.81. The molecule has 8 heteroatoms. The van der Waals surface area contributed by atoms with Crippen molar-refractivity contribution in [3.63, 3.8) is 0 Å². The Morgan fingerprint density at radius 1 is 1.15 bits per heavy atom. The number of carbonyl (C=O) groups is 1. The van der Waals surface area contributed by atoms with Crippen LogP contribution in [0.15, 0.2) is 64.8 Å². The van der Waals surface area contributed by atoms with Gasteiger partial charge in [-0.05, 0) is 44.9 Å². The van der Waals surface area contributed by atoms with Gasteiger partial charge in [0.15, 0.2) is 0 Å². The first-order valence-electron chi connectivity index (χ1n) is 11.0. The first kappa shape index (κ1) is 22.7. The number of amides is 2. The Morgan fingerprint density at radius 3 is 2.58 bits per heavy atom. The Balaban J connectivity index is 1.70. The van der Waals surface area contributed by atoms with Gasteiger partial charge in [0.05, 0.1) is 17.7 Å². The molecule has 0 aliphatic carbocycles. The third-order valence-corrected chi connectivity index (χ3v) is 5.47. The van der Waals surface area contributed by atoms with Crippen LogP contribution in [0.1, 0.15) is 44.7 Å². The average Bonchev–Trinajstić information content (AvgIpc) is 3.29. The number of hydrogen-bond acceptors (Lipinski definition) is 5. The predicted molar refractivity (Wildman–Crippen MR) is 122 cm³/mol. The van der Waals surface area contributed by atoms with Crippen LogP contribution < -0.4 is 5.32 Å². The van der Waals surface area contributed by atoms with E-state index in [1.54, 1.807) is 17.0 Å². The van der Waals surface area contributed by atoms with Crippen LogP contribution in [0.25, 0.3) is 17.0 Å². The Bertz CT molecular complexity index is 1130. The van der Waals surface area contributed by atoms with Gasteiger partial charge in [-0.3, -0.25) is 4.90 Å². The molecule has 1 unspecified atom stereocenters. The SMILES string of the molecule is CC1=C(c2nc(-c3ccccc3)no2)C(c2ccc(F)cc2)NC(=O)N1CCCOC(C)C. The second-order valence-corrected chi connectivity index (χ2v) is 8.15. The van der Waals surface area contributed by atoms with Crippen LogP contribution >= 0.6 is 0 Å². The first-order valence-corrected chi connectivity index (χ1v) is 11.0. The molecule has 0 fully saturated rings. The lowest BCUT2D eigenvalue weighted by Crippen LogP contribution is -2.46. The van der Waals surface area contributed by atoms with Gasteiger partial charge < -0.3 is 14.6 Å². The van der Waals surface area contributed by atoms with Crippen molar-refractivity contribution in [2.45, 2.75) is 39.3 Å². The van der Waals surface area contributed by atoms with Gasteiger partial charge in [0.1, 0.15) is 5.82 Å². The molecule has 1 aliphatic rings. The van der Waals surface area contributed by atoms with E-state index in [0.717, 1.165) is 11.1 Å². The summed E-state index contributed by atoms with van der Waals surface area (Å²) in [7, 11) is 0. The molecule has 1 aromatic heterocycles. The number of benzene rings is 2. The maximum atomic E-state index is 13.5. The van der Waals surface area contributed by atoms with Gasteiger partial charge in [0.2, 0.25) is 5.82 Å². The van der Waals surface area contributed by atoms with Crippen molar-refractivity contribution in [2.75, 3.05) is 13.2 Å². The second-order valence-electron chi connectivity index (χ2n) is 8.15. The molecular formula is C25H27FN4O3. The lowest BCUT2D eigenvalue weighted by atomic mass is 9.94. The Labute approximate surface area is 192 Å². The fourth-order valence-corrected chi connectivity index (χ4v) is 3.81. The second kappa shape index (κ2) is 9.95. The zero-order valence-corrected chi connectivity index (χ0v) is 18.9. The highest BCUT2D eigenvalue weighted by Crippen LogP contribution is 2.37. The number of rotatable bonds is 8. The minimum Gasteiger partial charge on any atom is -0.379 e. The van der Waals surface area contributed by atoms with Gasteiger partial charge in [0.25, 0.3) is 5.89 Å². The predicted octanol–water partition coefficient (Wildman–Crippen LogP) is 5.19. The Hall–Kier alpha value is -3.52. The van der Waals surface area contributed by atoms with Crippen LogP contribution in [0.4, 0.5) is 9.18 Å². The molecule has 3 aromatic rings. The molecule has 2 heterocycles. The summed E-state index contributed by atoms with van der Waals surface area (Å²) in [4.78, 5) is 19.3. The molecular weight excluding hydrogens is 423 g/mol. The number of carbonyl (C=O) groups excluding carboxylic acids is 1. The quantitative estimate of drug-likeness (QED) is 0.478. The van der Waals surface area contributed by atoms with Crippen LogP contribution in [0, 0.1) is 5.82 Å². The molecule has 7 nitrogen and oxygen atoms in total. The maximum Gasteiger partial charge on any atom is 0.322 e. The number of hydrogen-bond donors (Lipinski definition) is 1. The highest BCUT2D eigenvalue weighted by Gasteiger charge is 2.35. The number of ether oxygens (including phenoxy) is 1. The number of nitrogens with zero attached hydrogens (tertiary/aromatic N) is 3. The van der Waals surface area contributed by atoms with E-state index in [-0.39, 0.29) is 18.0 Å². The fraction of sp³-hybridized carbons (Fsp3) is 0.320. The van der Waals surface area contributed by atoms with Crippen molar-refractivity contribution >= 4 is 11.6 Å². The van der Waals surface area contributed by atoms with Gasteiger partial charge in [-0.1, -0.05) is 47.6 Å². The molecule has 0 saturated carbocycles. The van der Waals surface area contributed by atoms with Crippen molar-refractivity contribution in [3.8, 4) is 11.4 Å². The molecule has 0 bridgehead atoms. The van der Waals surface area contributed by atoms with E-state index in [2.05, 4.69) is 15.5 Å². The van der Waals surface area contributed by atoms with Crippen LogP contribution in [0.2, 0.25) is 0 Å². The lowest BCUT2D eigenvalue weighted by molar-refractivity contribution is 0.0736. The molecule has 1 atom stereocenters. The van der Waals surface area contributed by atoms with Gasteiger partial charge in [-0.25, -0.2) is 9.18 Å². The summed E-state index contributed by atoms with van der Waals surface area (Å²) in [6, 6.07) is 14.8. The smallest absolute Gasteiger partial charge is 0.322 e. The van der Waals surface area contributed by atoms with Gasteiger partial charge in [0, 0.05) is 24.4 Å². The standard InChI is InChI=1S/C25H27FN4O3/c1-16(2)32-15-7-14-30-17(3)21(22(27-25(30)31)18-10-12-20(26)13-11-18)24-28-23(29-33-24)19-8-5-4-6-9-19/h4-6,8-13,16,22H,7,14-15H2,1-3H3,(H,27,31). The van der Waals surface area contributed by atoms with Crippen molar-refractivity contribution in [3.05, 3.63) is 77.6 Å². The van der Waals surface area contributed by atoms with Crippen LogP contribution in [-0.2, 0) is 4.74 Å². The molecule has 4 rings (SSSR count). The number of urea groups is 1. The maximum absolute atomic E-state index is 13.5. The zero-order valence-electron chi connectivity index (χ0n) is 18.9. The number of allylic oxidation sites excluding steroid dienone is 1. The third-order valence-electron chi connectivity index (χ3n) is 5.47. The van der Waals surface area contributed by atoms with Crippen molar-refractivity contribution in [1.29, 1.82) is 0 Å². The van der Waals surface area contributed by atoms with E-state index in [0.29, 0.717) is 42.6 Å². The van der Waals surface area contributed by atoms with E-state index in [1.165, 1.54) is 12.1 Å². The zero-order chi connectivity index (χ0) is 23.4. The highest BCUT2D eigenvalue weighted by atomic mass is 19.1. The minimum atomic E-state index is -0.551. The first-order chi connectivity index (χ1) is 15.9. The van der Waals surface area contributed by atoms with Gasteiger partial charge >= 0.3 is 6.03 Å². The summed E-state index contributed by atoms with van der Waals surface area (Å²) in [5, 5.41) is 7.16. The molecule has 33 heavy (non-hydrogen) atoms. The summed E-state index contributed by atoms with van der Waals surface area (Å²) in [5.74, 6) is 0.417. The van der Waals surface area contributed by atoms with Gasteiger partial charge in [-0.2, -0.15) is 4.98 Å². The summed E-state index contributed by atoms with van der Waals surface area (Å²) in [6.07, 6.45) is 0.807. The number of nitrogens with one attached hydrogen (secondary N) is 1. The summed E-state index contributed by atoms with van der Waals surface area (Å²) in [5.41, 5.74) is 2.94. The minimum absolute atomic E-state index is 0.130. The molecule has 0 spiro atoms. The third kappa shape index (κ3) is 5.12. The van der Waals surface area contributed by atoms with Crippen molar-refractivity contribution in [2.24, 2.45) is 0 Å². The van der Waals surface area contributed by atoms with E-state index in [9.17, 15) is 9.18 Å². The normalized spacial score (nSPS) is 16.5. The number of aromatic nitrogens is 2. The summed E-state index contributed by atoms with van der Waals surface area (Å²) >= 11 is 0. The lowest BCUT2D eigenvalue weighted by Gasteiger charge is -2.35. The summed E-state index contributed by atoms with van der Waals surface area (Å²) in [6.45, 7) is 6.84. The molecule has 0 radical (unpaired) electrons. The molecule has 1 N–H and O–H groups in total. The van der Waals surface area contributed by atoms with Crippen LogP contribution in [0.5, 0.6) is 0 Å². The van der Waals surface area contributed by atoms with Crippen molar-refractivity contribution in [1.82, 2.24) is 20.4 Å². The van der Waals surface area contributed by atoms with Crippen molar-refractivity contribution < 1.29 is 18.4 Å². The molecule has 2 aromatic carbocycles. The number of halogens is 1. The van der Waals surface area contributed by atoms with E-state index in [1.807, 2.05) is 51.1 Å². The molecule has 172 valence electrons. The van der Waals surface area contributed by atoms with E-state index < -0.39 is 6.04 Å². The molecule has 1 aliphatic heterocycles. The summed E-state index contributed by atoms with van der Waals surface area (Å²) < 4.78 is 24.8. The molecule has 2 amide bonds. The largest absolute Gasteiger partial charge is 0.379 e. The van der Waals surface area contributed by atoms with Gasteiger partial charge in [-0.15, -0.1) is 0 Å². The average molecular weight is 451 g/mol.